The van der Waals surface area contributed by atoms with Gasteiger partial charge in [-0.3, -0.25) is 0 Å². The lowest BCUT2D eigenvalue weighted by Gasteiger charge is -2.24. The predicted molar refractivity (Wildman–Crippen MR) is 62.8 cm³/mol. The SMILES string of the molecule is Cc1cc(N)nc(COCCC2CCC2)n1. The number of aromatic nitrogens is 2. The monoisotopic (exact) mass is 221 g/mol. The molecule has 4 nitrogen and oxygen atoms in total. The van der Waals surface area contributed by atoms with Gasteiger partial charge in [-0.15, -0.1) is 0 Å². The molecule has 1 aliphatic rings. The lowest BCUT2D eigenvalue weighted by molar-refractivity contribution is 0.0906. The lowest BCUT2D eigenvalue weighted by atomic mass is 9.83. The molecule has 16 heavy (non-hydrogen) atoms. The molecule has 1 aromatic rings. The quantitative estimate of drug-likeness (QED) is 0.773. The van der Waals surface area contributed by atoms with Crippen LogP contribution in [-0.2, 0) is 11.3 Å². The summed E-state index contributed by atoms with van der Waals surface area (Å²) < 4.78 is 5.56. The third kappa shape index (κ3) is 3.17. The number of hydrogen-bond acceptors (Lipinski definition) is 4. The highest BCUT2D eigenvalue weighted by Crippen LogP contribution is 2.29. The molecule has 88 valence electrons. The molecule has 1 aliphatic carbocycles. The van der Waals surface area contributed by atoms with Crippen molar-refractivity contribution in [1.29, 1.82) is 0 Å². The van der Waals surface area contributed by atoms with E-state index in [0.717, 1.165) is 18.2 Å². The maximum Gasteiger partial charge on any atom is 0.156 e. The molecular weight excluding hydrogens is 202 g/mol. The topological polar surface area (TPSA) is 61.0 Å². The summed E-state index contributed by atoms with van der Waals surface area (Å²) in [5, 5.41) is 0. The van der Waals surface area contributed by atoms with Gasteiger partial charge < -0.3 is 10.5 Å². The van der Waals surface area contributed by atoms with Crippen molar-refractivity contribution in [1.82, 2.24) is 9.97 Å². The summed E-state index contributed by atoms with van der Waals surface area (Å²) in [6, 6.07) is 1.76. The average molecular weight is 221 g/mol. The molecule has 0 aliphatic heterocycles. The zero-order chi connectivity index (χ0) is 11.4. The van der Waals surface area contributed by atoms with Crippen molar-refractivity contribution in [2.45, 2.75) is 39.2 Å². The molecule has 4 heteroatoms. The Hall–Kier alpha value is -1.16. The van der Waals surface area contributed by atoms with Gasteiger partial charge in [0.1, 0.15) is 12.4 Å². The van der Waals surface area contributed by atoms with Crippen LogP contribution in [0.1, 0.15) is 37.2 Å². The standard InChI is InChI=1S/C12H19N3O/c1-9-7-11(13)15-12(14-9)8-16-6-5-10-3-2-4-10/h7,10H,2-6,8H2,1H3,(H2,13,14,15). The van der Waals surface area contributed by atoms with E-state index < -0.39 is 0 Å². The minimum absolute atomic E-state index is 0.471. The first-order valence-corrected chi connectivity index (χ1v) is 5.92. The van der Waals surface area contributed by atoms with Gasteiger partial charge in [0.05, 0.1) is 0 Å². The Morgan fingerprint density at radius 3 is 2.88 bits per heavy atom. The predicted octanol–water partition coefficient (Wildman–Crippen LogP) is 2.07. The first-order chi connectivity index (χ1) is 7.74. The van der Waals surface area contributed by atoms with Crippen LogP contribution in [0.15, 0.2) is 6.07 Å². The Labute approximate surface area is 96.2 Å². The van der Waals surface area contributed by atoms with Crippen LogP contribution in [0.3, 0.4) is 0 Å². The number of nitrogens with zero attached hydrogens (tertiary/aromatic N) is 2. The molecular formula is C12H19N3O. The molecule has 1 aromatic heterocycles. The number of nitrogen functional groups attached to an aromatic ring is 1. The van der Waals surface area contributed by atoms with Gasteiger partial charge in [-0.25, -0.2) is 9.97 Å². The molecule has 1 fully saturated rings. The summed E-state index contributed by atoms with van der Waals surface area (Å²) in [6.07, 6.45) is 5.30. The van der Waals surface area contributed by atoms with Crippen LogP contribution in [0.2, 0.25) is 0 Å². The number of aryl methyl sites for hydroxylation is 1. The Balaban J connectivity index is 1.71. The fourth-order valence-corrected chi connectivity index (χ4v) is 1.92. The number of ether oxygens (including phenoxy) is 1. The van der Waals surface area contributed by atoms with Gasteiger partial charge >= 0.3 is 0 Å². The van der Waals surface area contributed by atoms with E-state index in [1.165, 1.54) is 25.7 Å². The summed E-state index contributed by atoms with van der Waals surface area (Å²) in [4.78, 5) is 8.40. The van der Waals surface area contributed by atoms with E-state index in [1.807, 2.05) is 6.92 Å². The van der Waals surface area contributed by atoms with Crippen molar-refractivity contribution in [2.75, 3.05) is 12.3 Å². The van der Waals surface area contributed by atoms with Crippen LogP contribution in [0.25, 0.3) is 0 Å². The number of rotatable bonds is 5. The maximum absolute atomic E-state index is 5.64. The van der Waals surface area contributed by atoms with E-state index in [0.29, 0.717) is 18.2 Å². The van der Waals surface area contributed by atoms with Crippen molar-refractivity contribution in [3.05, 3.63) is 17.6 Å². The Bertz CT molecular complexity index is 330. The maximum atomic E-state index is 5.64. The van der Waals surface area contributed by atoms with Gasteiger partial charge in [0.2, 0.25) is 0 Å². The second-order valence-electron chi connectivity index (χ2n) is 4.49. The zero-order valence-corrected chi connectivity index (χ0v) is 9.78. The van der Waals surface area contributed by atoms with Gasteiger partial charge in [0.15, 0.2) is 5.82 Å². The number of nitrogens with two attached hydrogens (primary N) is 1. The van der Waals surface area contributed by atoms with Gasteiger partial charge in [0.25, 0.3) is 0 Å². The molecule has 2 N–H and O–H groups in total. The van der Waals surface area contributed by atoms with Crippen molar-refractivity contribution in [3.63, 3.8) is 0 Å². The van der Waals surface area contributed by atoms with Crippen molar-refractivity contribution in [2.24, 2.45) is 5.92 Å². The number of hydrogen-bond donors (Lipinski definition) is 1. The Morgan fingerprint density at radius 2 is 2.25 bits per heavy atom. The molecule has 0 atom stereocenters. The van der Waals surface area contributed by atoms with E-state index in [2.05, 4.69) is 9.97 Å². The largest absolute Gasteiger partial charge is 0.384 e. The molecule has 0 saturated heterocycles. The second kappa shape index (κ2) is 5.25. The molecule has 2 rings (SSSR count). The zero-order valence-electron chi connectivity index (χ0n) is 9.78. The van der Waals surface area contributed by atoms with Gasteiger partial charge in [-0.2, -0.15) is 0 Å². The molecule has 0 aromatic carbocycles. The third-order valence-electron chi connectivity index (χ3n) is 3.05. The molecule has 1 heterocycles. The highest BCUT2D eigenvalue weighted by Gasteiger charge is 2.16. The van der Waals surface area contributed by atoms with Crippen molar-refractivity contribution in [3.8, 4) is 0 Å². The normalized spacial score (nSPS) is 16.1. The summed E-state index contributed by atoms with van der Waals surface area (Å²) in [6.45, 7) is 3.19. The highest BCUT2D eigenvalue weighted by atomic mass is 16.5. The average Bonchev–Trinajstić information content (AvgIpc) is 2.13. The van der Waals surface area contributed by atoms with Gasteiger partial charge in [-0.1, -0.05) is 19.3 Å². The second-order valence-corrected chi connectivity index (χ2v) is 4.49. The lowest BCUT2D eigenvalue weighted by Crippen LogP contribution is -2.13. The van der Waals surface area contributed by atoms with Crippen LogP contribution in [0.5, 0.6) is 0 Å². The third-order valence-corrected chi connectivity index (χ3v) is 3.05. The molecule has 0 radical (unpaired) electrons. The minimum atomic E-state index is 0.471. The van der Waals surface area contributed by atoms with E-state index in [1.54, 1.807) is 6.07 Å². The highest BCUT2D eigenvalue weighted by molar-refractivity contribution is 5.28. The van der Waals surface area contributed by atoms with E-state index in [9.17, 15) is 0 Å². The molecule has 0 amide bonds. The first kappa shape index (κ1) is 11.3. The fourth-order valence-electron chi connectivity index (χ4n) is 1.92. The van der Waals surface area contributed by atoms with Gasteiger partial charge in [0, 0.05) is 18.4 Å². The van der Waals surface area contributed by atoms with Crippen LogP contribution < -0.4 is 5.73 Å². The molecule has 0 bridgehead atoms. The van der Waals surface area contributed by atoms with E-state index in [4.69, 9.17) is 10.5 Å². The van der Waals surface area contributed by atoms with Crippen LogP contribution in [0, 0.1) is 12.8 Å². The van der Waals surface area contributed by atoms with Crippen LogP contribution in [0.4, 0.5) is 5.82 Å². The summed E-state index contributed by atoms with van der Waals surface area (Å²) >= 11 is 0. The Morgan fingerprint density at radius 1 is 1.44 bits per heavy atom. The van der Waals surface area contributed by atoms with E-state index in [-0.39, 0.29) is 0 Å². The summed E-state index contributed by atoms with van der Waals surface area (Å²) in [7, 11) is 0. The summed E-state index contributed by atoms with van der Waals surface area (Å²) in [5.41, 5.74) is 6.53. The molecule has 0 unspecified atom stereocenters. The first-order valence-electron chi connectivity index (χ1n) is 5.92. The van der Waals surface area contributed by atoms with Crippen molar-refractivity contribution < 1.29 is 4.74 Å². The smallest absolute Gasteiger partial charge is 0.156 e. The van der Waals surface area contributed by atoms with Gasteiger partial charge in [-0.05, 0) is 19.3 Å². The minimum Gasteiger partial charge on any atom is -0.384 e. The number of anilines is 1. The van der Waals surface area contributed by atoms with E-state index >= 15 is 0 Å². The fraction of sp³-hybridized carbons (Fsp3) is 0.667. The van der Waals surface area contributed by atoms with Crippen LogP contribution in [-0.4, -0.2) is 16.6 Å². The summed E-state index contributed by atoms with van der Waals surface area (Å²) in [5.74, 6) is 2.10. The molecule has 1 saturated carbocycles. The van der Waals surface area contributed by atoms with Crippen LogP contribution >= 0.6 is 0 Å². The molecule has 0 spiro atoms. The van der Waals surface area contributed by atoms with Crippen molar-refractivity contribution >= 4 is 5.82 Å². The Kier molecular flexibility index (Phi) is 3.72.